The number of nitrogens with zero attached hydrogens (tertiary/aromatic N) is 3. The number of fused-ring (bicyclic) bond motifs is 1. The van der Waals surface area contributed by atoms with Gasteiger partial charge >= 0.3 is 0 Å². The van der Waals surface area contributed by atoms with E-state index in [0.717, 1.165) is 64.3 Å². The molecule has 132 valence electrons. The fourth-order valence-electron chi connectivity index (χ4n) is 4.25. The van der Waals surface area contributed by atoms with Crippen molar-refractivity contribution < 1.29 is 9.53 Å². The fourth-order valence-corrected chi connectivity index (χ4v) is 4.91. The van der Waals surface area contributed by atoms with E-state index in [2.05, 4.69) is 16.8 Å². The van der Waals surface area contributed by atoms with E-state index in [9.17, 15) is 4.79 Å². The average Bonchev–Trinajstić information content (AvgIpc) is 3.24. The normalized spacial score (nSPS) is 32.0. The molecule has 1 aromatic heterocycles. The molecule has 5 nitrogen and oxygen atoms in total. The highest BCUT2D eigenvalue weighted by molar-refractivity contribution is 7.09. The monoisotopic (exact) mass is 349 g/mol. The first-order valence-electron chi connectivity index (χ1n) is 9.24. The van der Waals surface area contributed by atoms with Gasteiger partial charge in [-0.2, -0.15) is 0 Å². The summed E-state index contributed by atoms with van der Waals surface area (Å²) in [6.07, 6.45) is 6.20. The molecular formula is C18H27N3O2S. The maximum absolute atomic E-state index is 12.8. The molecule has 3 fully saturated rings. The molecule has 0 spiro atoms. The number of thiazole rings is 1. The molecule has 0 aliphatic carbocycles. The molecule has 4 rings (SSSR count). The van der Waals surface area contributed by atoms with Gasteiger partial charge in [-0.05, 0) is 44.1 Å². The molecule has 0 radical (unpaired) electrons. The lowest BCUT2D eigenvalue weighted by Crippen LogP contribution is -2.44. The number of carbonyl (C=O) groups excluding carboxylic acids is 1. The SMILES string of the molecule is CC1CCN(C(=O)[C@@H]2C[C@@H]3CCN(Cc4nccs4)C[C@@H]3O2)CC1. The summed E-state index contributed by atoms with van der Waals surface area (Å²) in [5.74, 6) is 1.54. The Morgan fingerprint density at radius 2 is 2.17 bits per heavy atom. The second-order valence-electron chi connectivity index (χ2n) is 7.62. The van der Waals surface area contributed by atoms with E-state index < -0.39 is 0 Å². The van der Waals surface area contributed by atoms with Crippen LogP contribution in [0.4, 0.5) is 0 Å². The Bertz CT molecular complexity index is 557. The summed E-state index contributed by atoms with van der Waals surface area (Å²) in [6, 6.07) is 0. The summed E-state index contributed by atoms with van der Waals surface area (Å²) < 4.78 is 6.21. The van der Waals surface area contributed by atoms with Gasteiger partial charge in [-0.1, -0.05) is 6.92 Å². The molecule has 1 aromatic rings. The summed E-state index contributed by atoms with van der Waals surface area (Å²) in [5, 5.41) is 3.20. The van der Waals surface area contributed by atoms with Gasteiger partial charge in [0.05, 0.1) is 12.6 Å². The highest BCUT2D eigenvalue weighted by Crippen LogP contribution is 2.35. The first-order chi connectivity index (χ1) is 11.7. The first kappa shape index (κ1) is 16.5. The number of ether oxygens (including phenoxy) is 1. The van der Waals surface area contributed by atoms with Gasteiger partial charge in [0.25, 0.3) is 5.91 Å². The van der Waals surface area contributed by atoms with Crippen molar-refractivity contribution in [3.05, 3.63) is 16.6 Å². The molecule has 0 aromatic carbocycles. The second kappa shape index (κ2) is 7.10. The quantitative estimate of drug-likeness (QED) is 0.840. The van der Waals surface area contributed by atoms with Crippen molar-refractivity contribution in [2.45, 2.75) is 51.4 Å². The highest BCUT2D eigenvalue weighted by atomic mass is 32.1. The van der Waals surface area contributed by atoms with Crippen LogP contribution >= 0.6 is 11.3 Å². The highest BCUT2D eigenvalue weighted by Gasteiger charge is 2.43. The van der Waals surface area contributed by atoms with Gasteiger partial charge in [-0.15, -0.1) is 11.3 Å². The van der Waals surface area contributed by atoms with Crippen molar-refractivity contribution in [3.63, 3.8) is 0 Å². The number of hydrogen-bond acceptors (Lipinski definition) is 5. The van der Waals surface area contributed by atoms with E-state index >= 15 is 0 Å². The van der Waals surface area contributed by atoms with E-state index in [1.165, 1.54) is 5.01 Å². The van der Waals surface area contributed by atoms with Gasteiger partial charge in [0.1, 0.15) is 11.1 Å². The van der Waals surface area contributed by atoms with E-state index in [0.29, 0.717) is 5.92 Å². The lowest BCUT2D eigenvalue weighted by atomic mass is 9.91. The minimum absolute atomic E-state index is 0.201. The Morgan fingerprint density at radius 3 is 2.92 bits per heavy atom. The van der Waals surface area contributed by atoms with Crippen molar-refractivity contribution in [1.82, 2.24) is 14.8 Å². The molecule has 1 amide bonds. The molecule has 3 aliphatic heterocycles. The van der Waals surface area contributed by atoms with Crippen LogP contribution in [-0.2, 0) is 16.1 Å². The zero-order valence-electron chi connectivity index (χ0n) is 14.4. The third-order valence-electron chi connectivity index (χ3n) is 5.85. The molecule has 0 unspecified atom stereocenters. The molecular weight excluding hydrogens is 322 g/mol. The molecule has 24 heavy (non-hydrogen) atoms. The van der Waals surface area contributed by atoms with Crippen LogP contribution < -0.4 is 0 Å². The Morgan fingerprint density at radius 1 is 1.33 bits per heavy atom. The third-order valence-corrected chi connectivity index (χ3v) is 6.61. The van der Waals surface area contributed by atoms with E-state index in [-0.39, 0.29) is 18.1 Å². The van der Waals surface area contributed by atoms with Gasteiger partial charge in [0.15, 0.2) is 0 Å². The standard InChI is InChI=1S/C18H27N3O2S/c1-13-2-7-21(8-3-13)18(22)15-10-14-4-6-20(11-16(14)23-15)12-17-19-5-9-24-17/h5,9,13-16H,2-4,6-8,10-12H2,1H3/t14-,15-,16-/m0/s1. The van der Waals surface area contributed by atoms with Crippen molar-refractivity contribution in [2.75, 3.05) is 26.2 Å². The number of aromatic nitrogens is 1. The lowest BCUT2D eigenvalue weighted by Gasteiger charge is -2.33. The van der Waals surface area contributed by atoms with Gasteiger partial charge in [0.2, 0.25) is 0 Å². The van der Waals surface area contributed by atoms with Crippen molar-refractivity contribution in [2.24, 2.45) is 11.8 Å². The Hall–Kier alpha value is -0.980. The van der Waals surface area contributed by atoms with Crippen molar-refractivity contribution in [3.8, 4) is 0 Å². The zero-order valence-corrected chi connectivity index (χ0v) is 15.2. The van der Waals surface area contributed by atoms with Crippen molar-refractivity contribution >= 4 is 17.2 Å². The number of likely N-dealkylation sites (tertiary alicyclic amines) is 2. The Balaban J connectivity index is 1.31. The molecule has 6 heteroatoms. The maximum atomic E-state index is 12.8. The first-order valence-corrected chi connectivity index (χ1v) is 10.1. The number of rotatable bonds is 3. The topological polar surface area (TPSA) is 45.7 Å². The number of piperidine rings is 2. The van der Waals surface area contributed by atoms with Crippen molar-refractivity contribution in [1.29, 1.82) is 0 Å². The van der Waals surface area contributed by atoms with Crippen LogP contribution in [0.25, 0.3) is 0 Å². The third kappa shape index (κ3) is 3.51. The van der Waals surface area contributed by atoms with Crippen LogP contribution in [0.15, 0.2) is 11.6 Å². The predicted molar refractivity (Wildman–Crippen MR) is 93.8 cm³/mol. The summed E-state index contributed by atoms with van der Waals surface area (Å²) in [7, 11) is 0. The maximum Gasteiger partial charge on any atom is 0.251 e. The zero-order chi connectivity index (χ0) is 16.5. The summed E-state index contributed by atoms with van der Waals surface area (Å²) >= 11 is 1.71. The molecule has 3 saturated heterocycles. The van der Waals surface area contributed by atoms with Gasteiger partial charge in [0, 0.05) is 31.2 Å². The Labute approximate surface area is 148 Å². The Kier molecular flexibility index (Phi) is 4.88. The van der Waals surface area contributed by atoms with Crippen LogP contribution in [0.5, 0.6) is 0 Å². The summed E-state index contributed by atoms with van der Waals surface area (Å²) in [5.41, 5.74) is 0. The minimum Gasteiger partial charge on any atom is -0.364 e. The number of hydrogen-bond donors (Lipinski definition) is 0. The average molecular weight is 350 g/mol. The van der Waals surface area contributed by atoms with Gasteiger partial charge in [-0.3, -0.25) is 9.69 Å². The molecule has 3 atom stereocenters. The van der Waals surface area contributed by atoms with Crippen LogP contribution in [0, 0.1) is 11.8 Å². The molecule has 0 saturated carbocycles. The minimum atomic E-state index is -0.201. The van der Waals surface area contributed by atoms with E-state index in [1.807, 2.05) is 16.5 Å². The van der Waals surface area contributed by atoms with Crippen LogP contribution in [0.1, 0.15) is 37.6 Å². The molecule has 0 bridgehead atoms. The molecule has 4 heterocycles. The molecule has 3 aliphatic rings. The van der Waals surface area contributed by atoms with Crippen LogP contribution in [-0.4, -0.2) is 59.1 Å². The largest absolute Gasteiger partial charge is 0.364 e. The molecule has 0 N–H and O–H groups in total. The van der Waals surface area contributed by atoms with Crippen LogP contribution in [0.3, 0.4) is 0 Å². The number of carbonyl (C=O) groups is 1. The smallest absolute Gasteiger partial charge is 0.251 e. The van der Waals surface area contributed by atoms with Crippen LogP contribution in [0.2, 0.25) is 0 Å². The number of amides is 1. The van der Waals surface area contributed by atoms with E-state index in [4.69, 9.17) is 4.74 Å². The predicted octanol–water partition coefficient (Wildman–Crippen LogP) is 2.38. The lowest BCUT2D eigenvalue weighted by molar-refractivity contribution is -0.145. The summed E-state index contributed by atoms with van der Waals surface area (Å²) in [6.45, 7) is 7.03. The second-order valence-corrected chi connectivity index (χ2v) is 8.60. The summed E-state index contributed by atoms with van der Waals surface area (Å²) in [4.78, 5) is 21.6. The van der Waals surface area contributed by atoms with Gasteiger partial charge in [-0.25, -0.2) is 4.98 Å². The fraction of sp³-hybridized carbons (Fsp3) is 0.778. The van der Waals surface area contributed by atoms with Gasteiger partial charge < -0.3 is 9.64 Å². The van der Waals surface area contributed by atoms with E-state index in [1.54, 1.807) is 11.3 Å².